The van der Waals surface area contributed by atoms with Crippen LogP contribution in [-0.4, -0.2) is 10.5 Å². The summed E-state index contributed by atoms with van der Waals surface area (Å²) in [5.41, 5.74) is -3.30. The first-order valence-electron chi connectivity index (χ1n) is 4.51. The number of para-hydroxylation sites is 1. The summed E-state index contributed by atoms with van der Waals surface area (Å²) in [6.45, 7) is 5.79. The molecule has 0 aliphatic rings. The van der Waals surface area contributed by atoms with Crippen molar-refractivity contribution in [3.05, 3.63) is 24.3 Å². The molecular formula is C10H14ClO2PS. The molecule has 0 amide bonds. The highest BCUT2D eigenvalue weighted by Gasteiger charge is 2.21. The maximum Gasteiger partial charge on any atom is 0.181 e. The Balaban J connectivity index is 3.14. The Labute approximate surface area is 100 Å². The summed E-state index contributed by atoms with van der Waals surface area (Å²) in [5, 5.41) is 0.511. The van der Waals surface area contributed by atoms with Crippen molar-refractivity contribution in [3.63, 3.8) is 0 Å². The Morgan fingerprint density at radius 1 is 1.33 bits per heavy atom. The van der Waals surface area contributed by atoms with E-state index in [9.17, 15) is 4.89 Å². The first-order valence-corrected chi connectivity index (χ1v) is 8.17. The van der Waals surface area contributed by atoms with E-state index in [-0.39, 0.29) is 5.60 Å². The molecular weight excluding hydrogens is 251 g/mol. The molecule has 0 radical (unpaired) electrons. The fourth-order valence-corrected chi connectivity index (χ4v) is 2.63. The van der Waals surface area contributed by atoms with Gasteiger partial charge < -0.3 is 9.63 Å². The van der Waals surface area contributed by atoms with Crippen molar-refractivity contribution in [2.75, 3.05) is 0 Å². The van der Waals surface area contributed by atoms with Gasteiger partial charge >= 0.3 is 0 Å². The standard InChI is InChI=1S/C10H14ClO2PS/c1-10(2,3)13-8-6-4-5-7-9(8)14(11,12)15/h4-7H,1-3H3,(H,12,15). The zero-order chi connectivity index (χ0) is 11.7. The number of halogens is 1. The number of hydrogen-bond acceptors (Lipinski definition) is 2. The van der Waals surface area contributed by atoms with Crippen LogP contribution in [-0.2, 0) is 11.8 Å². The normalized spacial score (nSPS) is 15.8. The minimum Gasteiger partial charge on any atom is -0.487 e. The predicted octanol–water partition coefficient (Wildman–Crippen LogP) is 3.03. The molecule has 0 aliphatic carbocycles. The quantitative estimate of drug-likeness (QED) is 0.833. The minimum absolute atomic E-state index is 0.336. The largest absolute Gasteiger partial charge is 0.487 e. The fourth-order valence-electron chi connectivity index (χ4n) is 1.10. The molecule has 1 N–H and O–H groups in total. The zero-order valence-electron chi connectivity index (χ0n) is 8.90. The van der Waals surface area contributed by atoms with Gasteiger partial charge in [0.05, 0.1) is 5.30 Å². The second-order valence-electron chi connectivity index (χ2n) is 4.18. The Hall–Kier alpha value is -0.0800. The first-order chi connectivity index (χ1) is 6.70. The van der Waals surface area contributed by atoms with Crippen LogP contribution < -0.4 is 10.0 Å². The third-order valence-corrected chi connectivity index (χ3v) is 3.68. The van der Waals surface area contributed by atoms with E-state index in [1.807, 2.05) is 26.8 Å². The molecule has 0 saturated heterocycles. The number of rotatable bonds is 2. The van der Waals surface area contributed by atoms with Gasteiger partial charge in [-0.25, -0.2) is 0 Å². The van der Waals surface area contributed by atoms with Gasteiger partial charge in [0, 0.05) is 0 Å². The molecule has 0 saturated carbocycles. The second-order valence-corrected chi connectivity index (χ2v) is 9.32. The summed E-state index contributed by atoms with van der Waals surface area (Å²) in [6, 6.07) is 7.08. The van der Waals surface area contributed by atoms with Gasteiger partial charge in [0.2, 0.25) is 0 Å². The Bertz CT molecular complexity index is 395. The van der Waals surface area contributed by atoms with Crippen LogP contribution in [0, 0.1) is 0 Å². The highest BCUT2D eigenvalue weighted by atomic mass is 35.7. The van der Waals surface area contributed by atoms with E-state index in [0.717, 1.165) is 0 Å². The van der Waals surface area contributed by atoms with E-state index in [4.69, 9.17) is 27.8 Å². The molecule has 1 aromatic rings. The number of ether oxygens (including phenoxy) is 1. The van der Waals surface area contributed by atoms with Gasteiger partial charge in [-0.2, -0.15) is 0 Å². The van der Waals surface area contributed by atoms with Crippen LogP contribution in [0.15, 0.2) is 24.3 Å². The average molecular weight is 265 g/mol. The van der Waals surface area contributed by atoms with E-state index in [1.165, 1.54) is 0 Å². The van der Waals surface area contributed by atoms with Crippen molar-refractivity contribution in [1.29, 1.82) is 0 Å². The van der Waals surface area contributed by atoms with Crippen LogP contribution in [0.3, 0.4) is 0 Å². The predicted molar refractivity (Wildman–Crippen MR) is 68.8 cm³/mol. The van der Waals surface area contributed by atoms with Gasteiger partial charge in [0.15, 0.2) is 5.62 Å². The van der Waals surface area contributed by atoms with Crippen molar-refractivity contribution in [2.45, 2.75) is 26.4 Å². The fraction of sp³-hybridized carbons (Fsp3) is 0.400. The maximum atomic E-state index is 9.68. The summed E-state index contributed by atoms with van der Waals surface area (Å²) >= 11 is 10.7. The van der Waals surface area contributed by atoms with Gasteiger partial charge in [-0.05, 0) is 44.7 Å². The van der Waals surface area contributed by atoms with E-state index in [0.29, 0.717) is 11.1 Å². The molecule has 5 heteroatoms. The molecule has 0 fully saturated rings. The summed E-state index contributed by atoms with van der Waals surface area (Å²) in [4.78, 5) is 9.68. The van der Waals surface area contributed by atoms with E-state index in [1.54, 1.807) is 18.2 Å². The molecule has 1 aromatic carbocycles. The molecule has 1 unspecified atom stereocenters. The highest BCUT2D eigenvalue weighted by molar-refractivity contribution is 8.27. The number of benzene rings is 1. The van der Waals surface area contributed by atoms with Crippen LogP contribution in [0.4, 0.5) is 0 Å². The van der Waals surface area contributed by atoms with Crippen LogP contribution in [0.1, 0.15) is 20.8 Å². The summed E-state index contributed by atoms with van der Waals surface area (Å²) in [6.07, 6.45) is 0. The van der Waals surface area contributed by atoms with Gasteiger partial charge in [-0.3, -0.25) is 0 Å². The first kappa shape index (κ1) is 13.0. The summed E-state index contributed by atoms with van der Waals surface area (Å²) in [5.74, 6) is 0.561. The Kier molecular flexibility index (Phi) is 3.83. The summed E-state index contributed by atoms with van der Waals surface area (Å²) < 4.78 is 5.68. The smallest absolute Gasteiger partial charge is 0.181 e. The molecule has 0 aromatic heterocycles. The van der Waals surface area contributed by atoms with Gasteiger partial charge in [0.25, 0.3) is 0 Å². The Morgan fingerprint density at radius 3 is 2.33 bits per heavy atom. The third kappa shape index (κ3) is 4.12. The van der Waals surface area contributed by atoms with Crippen LogP contribution in [0.25, 0.3) is 0 Å². The van der Waals surface area contributed by atoms with E-state index in [2.05, 4.69) is 0 Å². The third-order valence-electron chi connectivity index (χ3n) is 1.58. The topological polar surface area (TPSA) is 29.5 Å². The summed E-state index contributed by atoms with van der Waals surface area (Å²) in [7, 11) is 0. The maximum absolute atomic E-state index is 9.68. The average Bonchev–Trinajstić information content (AvgIpc) is 1.99. The SMILES string of the molecule is CC(C)(C)Oc1ccccc1P(O)(=S)Cl. The van der Waals surface area contributed by atoms with E-state index >= 15 is 0 Å². The molecule has 0 spiro atoms. The van der Waals surface area contributed by atoms with Gasteiger partial charge in [-0.15, -0.1) is 0 Å². The zero-order valence-corrected chi connectivity index (χ0v) is 11.4. The van der Waals surface area contributed by atoms with Crippen LogP contribution >= 0.6 is 16.9 Å². The lowest BCUT2D eigenvalue weighted by Crippen LogP contribution is -2.25. The monoisotopic (exact) mass is 264 g/mol. The van der Waals surface area contributed by atoms with Crippen molar-refractivity contribution in [1.82, 2.24) is 0 Å². The second kappa shape index (κ2) is 4.42. The minimum atomic E-state index is -2.96. The lowest BCUT2D eigenvalue weighted by molar-refractivity contribution is 0.132. The molecule has 0 aliphatic heterocycles. The molecule has 1 atom stereocenters. The molecule has 0 heterocycles. The molecule has 1 rings (SSSR count). The molecule has 15 heavy (non-hydrogen) atoms. The van der Waals surface area contributed by atoms with Crippen molar-refractivity contribution >= 4 is 34.0 Å². The lowest BCUT2D eigenvalue weighted by Gasteiger charge is -2.24. The number of hydrogen-bond donors (Lipinski definition) is 1. The van der Waals surface area contributed by atoms with Crippen LogP contribution in [0.5, 0.6) is 5.75 Å². The Morgan fingerprint density at radius 2 is 1.87 bits per heavy atom. The van der Waals surface area contributed by atoms with Crippen LogP contribution in [0.2, 0.25) is 0 Å². The van der Waals surface area contributed by atoms with Gasteiger partial charge in [0.1, 0.15) is 11.4 Å². The molecule has 2 nitrogen and oxygen atoms in total. The highest BCUT2D eigenvalue weighted by Crippen LogP contribution is 2.48. The molecule has 0 bridgehead atoms. The molecule has 84 valence electrons. The van der Waals surface area contributed by atoms with Gasteiger partial charge in [-0.1, -0.05) is 23.4 Å². The van der Waals surface area contributed by atoms with Crippen molar-refractivity contribution in [3.8, 4) is 5.75 Å². The van der Waals surface area contributed by atoms with E-state index < -0.39 is 5.62 Å². The van der Waals surface area contributed by atoms with Crippen molar-refractivity contribution < 1.29 is 9.63 Å². The van der Waals surface area contributed by atoms with Crippen molar-refractivity contribution in [2.24, 2.45) is 0 Å². The lowest BCUT2D eigenvalue weighted by atomic mass is 10.2.